The Balaban J connectivity index is 1.93. The summed E-state index contributed by atoms with van der Waals surface area (Å²) in [6, 6.07) is 16.5. The molecule has 3 nitrogen and oxygen atoms in total. The highest BCUT2D eigenvalue weighted by Gasteiger charge is 2.05. The molecule has 0 bridgehead atoms. The summed E-state index contributed by atoms with van der Waals surface area (Å²) in [6.07, 6.45) is 0. The number of pyridine rings is 1. The van der Waals surface area contributed by atoms with E-state index in [2.05, 4.69) is 53.7 Å². The van der Waals surface area contributed by atoms with Gasteiger partial charge in [0.15, 0.2) is 0 Å². The van der Waals surface area contributed by atoms with Crippen LogP contribution >= 0.6 is 0 Å². The molecular formula is C16H21N3. The van der Waals surface area contributed by atoms with Crippen molar-refractivity contribution in [1.82, 2.24) is 4.98 Å². The molecule has 1 aromatic heterocycles. The third-order valence-corrected chi connectivity index (χ3v) is 3.06. The molecule has 0 radical (unpaired) electrons. The van der Waals surface area contributed by atoms with Crippen molar-refractivity contribution >= 4 is 11.6 Å². The van der Waals surface area contributed by atoms with Gasteiger partial charge in [-0.15, -0.1) is 0 Å². The summed E-state index contributed by atoms with van der Waals surface area (Å²) in [5.41, 5.74) is 1.35. The molecule has 3 heteroatoms. The quantitative estimate of drug-likeness (QED) is 0.826. The van der Waals surface area contributed by atoms with E-state index in [1.165, 1.54) is 5.56 Å². The predicted molar refractivity (Wildman–Crippen MR) is 81.7 cm³/mol. The van der Waals surface area contributed by atoms with Crippen LogP contribution in [0.1, 0.15) is 25.3 Å². The van der Waals surface area contributed by atoms with Crippen molar-refractivity contribution in [2.45, 2.75) is 19.8 Å². The number of nitrogens with one attached hydrogen (secondary N) is 2. The molecule has 0 aliphatic carbocycles. The number of benzene rings is 1. The van der Waals surface area contributed by atoms with Crippen molar-refractivity contribution in [2.75, 3.05) is 23.7 Å². The van der Waals surface area contributed by atoms with Gasteiger partial charge in [-0.3, -0.25) is 0 Å². The summed E-state index contributed by atoms with van der Waals surface area (Å²) in [6.45, 7) is 6.05. The molecule has 2 aromatic rings. The van der Waals surface area contributed by atoms with Gasteiger partial charge in [-0.2, -0.15) is 0 Å². The second-order valence-corrected chi connectivity index (χ2v) is 4.63. The maximum absolute atomic E-state index is 4.51. The summed E-state index contributed by atoms with van der Waals surface area (Å²) < 4.78 is 0. The molecule has 2 N–H and O–H groups in total. The molecule has 1 unspecified atom stereocenters. The zero-order valence-corrected chi connectivity index (χ0v) is 11.6. The fraction of sp³-hybridized carbons (Fsp3) is 0.312. The normalized spacial score (nSPS) is 11.9. The summed E-state index contributed by atoms with van der Waals surface area (Å²) in [5.74, 6) is 2.30. The Morgan fingerprint density at radius 1 is 0.947 bits per heavy atom. The number of aromatic nitrogens is 1. The van der Waals surface area contributed by atoms with Crippen molar-refractivity contribution in [2.24, 2.45) is 0 Å². The standard InChI is InChI=1S/C16H21N3/c1-3-17-15-10-7-11-16(19-15)18-12-13(2)14-8-5-4-6-9-14/h4-11,13H,3,12H2,1-2H3,(H2,17,18,19). The van der Waals surface area contributed by atoms with Crippen LogP contribution in [0.25, 0.3) is 0 Å². The summed E-state index contributed by atoms with van der Waals surface area (Å²) in [7, 11) is 0. The van der Waals surface area contributed by atoms with Crippen LogP contribution in [-0.4, -0.2) is 18.1 Å². The minimum absolute atomic E-state index is 0.464. The second-order valence-electron chi connectivity index (χ2n) is 4.63. The fourth-order valence-electron chi connectivity index (χ4n) is 1.97. The van der Waals surface area contributed by atoms with Gasteiger partial charge in [0.05, 0.1) is 0 Å². The van der Waals surface area contributed by atoms with E-state index in [9.17, 15) is 0 Å². The maximum atomic E-state index is 4.51. The van der Waals surface area contributed by atoms with Crippen LogP contribution in [-0.2, 0) is 0 Å². The van der Waals surface area contributed by atoms with Gasteiger partial charge >= 0.3 is 0 Å². The third kappa shape index (κ3) is 3.98. The second kappa shape index (κ2) is 6.78. The van der Waals surface area contributed by atoms with Crippen LogP contribution in [0.5, 0.6) is 0 Å². The molecule has 0 saturated heterocycles. The molecule has 0 saturated carbocycles. The van der Waals surface area contributed by atoms with Crippen LogP contribution in [0, 0.1) is 0 Å². The van der Waals surface area contributed by atoms with Crippen LogP contribution in [0.4, 0.5) is 11.6 Å². The Morgan fingerprint density at radius 2 is 1.63 bits per heavy atom. The number of rotatable bonds is 6. The van der Waals surface area contributed by atoms with E-state index in [0.29, 0.717) is 5.92 Å². The van der Waals surface area contributed by atoms with Crippen LogP contribution in [0.2, 0.25) is 0 Å². The van der Waals surface area contributed by atoms with Crippen molar-refractivity contribution < 1.29 is 0 Å². The lowest BCUT2D eigenvalue weighted by atomic mass is 10.0. The van der Waals surface area contributed by atoms with Crippen molar-refractivity contribution in [3.05, 3.63) is 54.1 Å². The number of anilines is 2. The first-order valence-electron chi connectivity index (χ1n) is 6.79. The Kier molecular flexibility index (Phi) is 4.78. The van der Waals surface area contributed by atoms with E-state index < -0.39 is 0 Å². The number of nitrogens with zero attached hydrogens (tertiary/aromatic N) is 1. The zero-order chi connectivity index (χ0) is 13.5. The Hall–Kier alpha value is -2.03. The smallest absolute Gasteiger partial charge is 0.128 e. The van der Waals surface area contributed by atoms with Crippen molar-refractivity contribution in [3.8, 4) is 0 Å². The van der Waals surface area contributed by atoms with E-state index in [-0.39, 0.29) is 0 Å². The average molecular weight is 255 g/mol. The lowest BCUT2D eigenvalue weighted by Crippen LogP contribution is -2.11. The number of hydrogen-bond acceptors (Lipinski definition) is 3. The van der Waals surface area contributed by atoms with Gasteiger partial charge in [0.2, 0.25) is 0 Å². The minimum atomic E-state index is 0.464. The summed E-state index contributed by atoms with van der Waals surface area (Å²) in [5, 5.41) is 6.61. The van der Waals surface area contributed by atoms with Gasteiger partial charge in [-0.05, 0) is 30.5 Å². The van der Waals surface area contributed by atoms with E-state index in [1.807, 2.05) is 24.3 Å². The Bertz CT molecular complexity index is 496. The Labute approximate surface area is 115 Å². The zero-order valence-electron chi connectivity index (χ0n) is 11.6. The minimum Gasteiger partial charge on any atom is -0.370 e. The molecular weight excluding hydrogens is 234 g/mol. The third-order valence-electron chi connectivity index (χ3n) is 3.06. The summed E-state index contributed by atoms with van der Waals surface area (Å²) in [4.78, 5) is 4.51. The molecule has 0 spiro atoms. The highest BCUT2D eigenvalue weighted by atomic mass is 15.1. The maximum Gasteiger partial charge on any atom is 0.128 e. The molecule has 0 aliphatic heterocycles. The topological polar surface area (TPSA) is 37.0 Å². The fourth-order valence-corrected chi connectivity index (χ4v) is 1.97. The van der Waals surface area contributed by atoms with Gasteiger partial charge in [-0.1, -0.05) is 43.3 Å². The Morgan fingerprint density at radius 3 is 2.32 bits per heavy atom. The lowest BCUT2D eigenvalue weighted by Gasteiger charge is -2.14. The highest BCUT2D eigenvalue weighted by molar-refractivity contribution is 5.45. The molecule has 1 aromatic carbocycles. The highest BCUT2D eigenvalue weighted by Crippen LogP contribution is 2.16. The molecule has 1 heterocycles. The SMILES string of the molecule is CCNc1cccc(NCC(C)c2ccccc2)n1. The molecule has 100 valence electrons. The summed E-state index contributed by atoms with van der Waals surface area (Å²) >= 11 is 0. The van der Waals surface area contributed by atoms with Crippen LogP contribution in [0.3, 0.4) is 0 Å². The van der Waals surface area contributed by atoms with E-state index in [4.69, 9.17) is 0 Å². The van der Waals surface area contributed by atoms with Crippen molar-refractivity contribution in [1.29, 1.82) is 0 Å². The van der Waals surface area contributed by atoms with Gasteiger partial charge in [-0.25, -0.2) is 4.98 Å². The van der Waals surface area contributed by atoms with E-state index in [1.54, 1.807) is 0 Å². The molecule has 0 fully saturated rings. The molecule has 0 amide bonds. The van der Waals surface area contributed by atoms with Gasteiger partial charge in [0.25, 0.3) is 0 Å². The van der Waals surface area contributed by atoms with Crippen molar-refractivity contribution in [3.63, 3.8) is 0 Å². The van der Waals surface area contributed by atoms with Crippen LogP contribution in [0.15, 0.2) is 48.5 Å². The monoisotopic (exact) mass is 255 g/mol. The first kappa shape index (κ1) is 13.4. The first-order chi connectivity index (χ1) is 9.29. The molecule has 2 rings (SSSR count). The lowest BCUT2D eigenvalue weighted by molar-refractivity contribution is 0.801. The first-order valence-corrected chi connectivity index (χ1v) is 6.79. The van der Waals surface area contributed by atoms with Crippen LogP contribution < -0.4 is 10.6 Å². The molecule has 19 heavy (non-hydrogen) atoms. The van der Waals surface area contributed by atoms with E-state index >= 15 is 0 Å². The largest absolute Gasteiger partial charge is 0.370 e. The average Bonchev–Trinajstić information content (AvgIpc) is 2.46. The number of hydrogen-bond donors (Lipinski definition) is 2. The van der Waals surface area contributed by atoms with Gasteiger partial charge in [0.1, 0.15) is 11.6 Å². The predicted octanol–water partition coefficient (Wildman–Crippen LogP) is 3.73. The molecule has 1 atom stereocenters. The van der Waals surface area contributed by atoms with Gasteiger partial charge < -0.3 is 10.6 Å². The van der Waals surface area contributed by atoms with E-state index in [0.717, 1.165) is 24.7 Å². The molecule has 0 aliphatic rings. The van der Waals surface area contributed by atoms with Gasteiger partial charge in [0, 0.05) is 13.1 Å².